The predicted molar refractivity (Wildman–Crippen MR) is 119 cm³/mol. The van der Waals surface area contributed by atoms with Crippen molar-refractivity contribution in [3.8, 4) is 11.4 Å². The van der Waals surface area contributed by atoms with Crippen LogP contribution < -0.4 is 10.9 Å². The molecule has 2 aromatic heterocycles. The van der Waals surface area contributed by atoms with Crippen LogP contribution in [0.15, 0.2) is 59.5 Å². The maximum atomic E-state index is 13.2. The zero-order valence-corrected chi connectivity index (χ0v) is 17.7. The fourth-order valence-corrected chi connectivity index (χ4v) is 3.54. The number of rotatable bonds is 6. The van der Waals surface area contributed by atoms with E-state index in [0.29, 0.717) is 11.4 Å². The van der Waals surface area contributed by atoms with Gasteiger partial charge in [-0.15, -0.1) is 5.10 Å². The van der Waals surface area contributed by atoms with E-state index in [2.05, 4.69) is 15.4 Å². The highest BCUT2D eigenvalue weighted by atomic mass is 19.1. The van der Waals surface area contributed by atoms with Gasteiger partial charge in [0.1, 0.15) is 11.3 Å². The summed E-state index contributed by atoms with van der Waals surface area (Å²) in [5, 5.41) is 16.7. The lowest BCUT2D eigenvalue weighted by Crippen LogP contribution is -2.29. The van der Waals surface area contributed by atoms with E-state index in [-0.39, 0.29) is 35.5 Å². The summed E-state index contributed by atoms with van der Waals surface area (Å²) in [5.74, 6) is -0.408. The lowest BCUT2D eigenvalue weighted by Gasteiger charge is -2.18. The number of aromatic amines is 1. The summed E-state index contributed by atoms with van der Waals surface area (Å²) >= 11 is 0. The van der Waals surface area contributed by atoms with E-state index in [1.165, 1.54) is 28.9 Å². The van der Waals surface area contributed by atoms with E-state index >= 15 is 0 Å². The van der Waals surface area contributed by atoms with Crippen LogP contribution in [0.4, 0.5) is 4.39 Å². The molecule has 0 saturated heterocycles. The molecule has 3 N–H and O–H groups in total. The molecule has 32 heavy (non-hydrogen) atoms. The summed E-state index contributed by atoms with van der Waals surface area (Å²) in [6.07, 6.45) is 1.76. The second-order valence-corrected chi connectivity index (χ2v) is 7.75. The molecular weight excluding hydrogens is 411 g/mol. The molecule has 0 aliphatic carbocycles. The molecule has 2 aromatic carbocycles. The molecule has 0 unspecified atom stereocenters. The van der Waals surface area contributed by atoms with Gasteiger partial charge in [0.25, 0.3) is 11.5 Å². The number of hydrogen-bond donors (Lipinski definition) is 3. The van der Waals surface area contributed by atoms with E-state index in [1.807, 2.05) is 32.0 Å². The number of nitrogens with zero attached hydrogens (tertiary/aromatic N) is 2. The number of H-pyrrole nitrogens is 1. The van der Waals surface area contributed by atoms with Gasteiger partial charge in [-0.25, -0.2) is 8.91 Å². The highest BCUT2D eigenvalue weighted by Crippen LogP contribution is 2.20. The summed E-state index contributed by atoms with van der Waals surface area (Å²) in [4.78, 5) is 28.3. The van der Waals surface area contributed by atoms with Crippen molar-refractivity contribution in [2.75, 3.05) is 6.61 Å². The number of aliphatic hydroxyl groups is 1. The van der Waals surface area contributed by atoms with Crippen LogP contribution in [-0.2, 0) is 0 Å². The second-order valence-electron chi connectivity index (χ2n) is 7.75. The van der Waals surface area contributed by atoms with Crippen LogP contribution in [0.2, 0.25) is 0 Å². The molecule has 1 amide bonds. The molecule has 0 aliphatic heterocycles. The quantitative estimate of drug-likeness (QED) is 0.434. The highest BCUT2D eigenvalue weighted by Gasteiger charge is 2.18. The number of halogens is 1. The maximum Gasteiger partial charge on any atom is 0.275 e. The smallest absolute Gasteiger partial charge is 0.275 e. The maximum absolute atomic E-state index is 13.2. The Labute approximate surface area is 183 Å². The standard InChI is InChI=1S/C24H23FN4O3/c1-14-3-4-17(11-15(14)2)22-27-24(32)21-12-18(13-29(21)28-22)23(31)26-20(9-10-30)16-5-7-19(25)8-6-16/h3-8,11-13,20,30H,9-10H2,1-2H3,(H,26,31)(H,27,28,32)/t20-/m1/s1. The SMILES string of the molecule is Cc1ccc(-c2nn3cc(C(=O)N[C@H](CCO)c4ccc(F)cc4)cc3c(=O)[nH]2)cc1C. The van der Waals surface area contributed by atoms with Crippen LogP contribution in [0, 0.1) is 19.7 Å². The van der Waals surface area contributed by atoms with Crippen LogP contribution >= 0.6 is 0 Å². The summed E-state index contributed by atoms with van der Waals surface area (Å²) in [6, 6.07) is 12.5. The van der Waals surface area contributed by atoms with E-state index < -0.39 is 11.9 Å². The van der Waals surface area contributed by atoms with E-state index in [4.69, 9.17) is 0 Å². The molecule has 2 heterocycles. The van der Waals surface area contributed by atoms with Crippen molar-refractivity contribution in [2.24, 2.45) is 0 Å². The number of benzene rings is 2. The van der Waals surface area contributed by atoms with Crippen LogP contribution in [0.3, 0.4) is 0 Å². The summed E-state index contributed by atoms with van der Waals surface area (Å²) < 4.78 is 14.6. The van der Waals surface area contributed by atoms with Gasteiger partial charge >= 0.3 is 0 Å². The second kappa shape index (κ2) is 8.76. The number of hydrogen-bond acceptors (Lipinski definition) is 4. The minimum absolute atomic E-state index is 0.152. The lowest BCUT2D eigenvalue weighted by molar-refractivity contribution is 0.0930. The van der Waals surface area contributed by atoms with Gasteiger partial charge in [0.2, 0.25) is 0 Å². The van der Waals surface area contributed by atoms with Gasteiger partial charge in [0, 0.05) is 18.4 Å². The lowest BCUT2D eigenvalue weighted by atomic mass is 10.0. The Morgan fingerprint density at radius 3 is 2.59 bits per heavy atom. The summed E-state index contributed by atoms with van der Waals surface area (Å²) in [6.45, 7) is 3.84. The van der Waals surface area contributed by atoms with Gasteiger partial charge in [0.05, 0.1) is 11.6 Å². The zero-order chi connectivity index (χ0) is 22.8. The fourth-order valence-electron chi connectivity index (χ4n) is 3.54. The Kier molecular flexibility index (Phi) is 5.87. The normalized spacial score (nSPS) is 12.1. The molecule has 0 spiro atoms. The van der Waals surface area contributed by atoms with Crippen molar-refractivity contribution in [1.82, 2.24) is 19.9 Å². The molecule has 7 nitrogen and oxygen atoms in total. The third kappa shape index (κ3) is 4.31. The molecule has 1 atom stereocenters. The van der Waals surface area contributed by atoms with Gasteiger partial charge in [-0.05, 0) is 61.2 Å². The Morgan fingerprint density at radius 1 is 1.16 bits per heavy atom. The number of aliphatic hydroxyl groups excluding tert-OH is 1. The number of carbonyl (C=O) groups is 1. The monoisotopic (exact) mass is 434 g/mol. The van der Waals surface area contributed by atoms with E-state index in [0.717, 1.165) is 16.7 Å². The minimum atomic E-state index is -0.506. The predicted octanol–water partition coefficient (Wildman–Crippen LogP) is 3.30. The molecule has 0 aliphatic rings. The van der Waals surface area contributed by atoms with Crippen molar-refractivity contribution in [3.63, 3.8) is 0 Å². The van der Waals surface area contributed by atoms with Crippen LogP contribution in [0.1, 0.15) is 39.5 Å². The molecule has 4 aromatic rings. The van der Waals surface area contributed by atoms with Crippen molar-refractivity contribution >= 4 is 11.4 Å². The number of amides is 1. The molecule has 8 heteroatoms. The first kappa shape index (κ1) is 21.5. The number of aryl methyl sites for hydroxylation is 2. The average molecular weight is 434 g/mol. The third-order valence-electron chi connectivity index (χ3n) is 5.51. The first-order valence-corrected chi connectivity index (χ1v) is 10.2. The molecular formula is C24H23FN4O3. The fraction of sp³-hybridized carbons (Fsp3) is 0.208. The van der Waals surface area contributed by atoms with Gasteiger partial charge in [0.15, 0.2) is 5.82 Å². The Bertz CT molecular complexity index is 1340. The number of fused-ring (bicyclic) bond motifs is 1. The molecule has 0 fully saturated rings. The van der Waals surface area contributed by atoms with Gasteiger partial charge in [-0.3, -0.25) is 9.59 Å². The summed E-state index contributed by atoms with van der Waals surface area (Å²) in [5.41, 5.74) is 3.78. The number of aromatic nitrogens is 3. The molecule has 164 valence electrons. The van der Waals surface area contributed by atoms with Gasteiger partial charge in [-0.1, -0.05) is 24.3 Å². The first-order valence-electron chi connectivity index (χ1n) is 10.2. The third-order valence-corrected chi connectivity index (χ3v) is 5.51. The molecule has 4 rings (SSSR count). The van der Waals surface area contributed by atoms with Crippen molar-refractivity contribution in [1.29, 1.82) is 0 Å². The first-order chi connectivity index (χ1) is 15.4. The number of nitrogens with one attached hydrogen (secondary N) is 2. The van der Waals surface area contributed by atoms with Crippen LogP contribution in [-0.4, -0.2) is 32.2 Å². The topological polar surface area (TPSA) is 99.5 Å². The number of carbonyl (C=O) groups excluding carboxylic acids is 1. The Balaban J connectivity index is 1.64. The van der Waals surface area contributed by atoms with Gasteiger partial charge in [-0.2, -0.15) is 0 Å². The molecule has 0 radical (unpaired) electrons. The van der Waals surface area contributed by atoms with Crippen molar-refractivity contribution < 1.29 is 14.3 Å². The van der Waals surface area contributed by atoms with Crippen LogP contribution in [0.25, 0.3) is 16.9 Å². The average Bonchev–Trinajstić information content (AvgIpc) is 3.21. The van der Waals surface area contributed by atoms with Crippen molar-refractivity contribution in [2.45, 2.75) is 26.3 Å². The van der Waals surface area contributed by atoms with Crippen LogP contribution in [0.5, 0.6) is 0 Å². The highest BCUT2D eigenvalue weighted by molar-refractivity contribution is 5.95. The molecule has 0 saturated carbocycles. The van der Waals surface area contributed by atoms with Gasteiger partial charge < -0.3 is 15.4 Å². The van der Waals surface area contributed by atoms with E-state index in [9.17, 15) is 19.1 Å². The Morgan fingerprint density at radius 2 is 1.91 bits per heavy atom. The Hall–Kier alpha value is -3.78. The summed E-state index contributed by atoms with van der Waals surface area (Å²) in [7, 11) is 0. The largest absolute Gasteiger partial charge is 0.396 e. The minimum Gasteiger partial charge on any atom is -0.396 e. The molecule has 0 bridgehead atoms. The zero-order valence-electron chi connectivity index (χ0n) is 17.7. The van der Waals surface area contributed by atoms with E-state index in [1.54, 1.807) is 12.1 Å². The van der Waals surface area contributed by atoms with Crippen molar-refractivity contribution in [3.05, 3.63) is 93.2 Å².